The molecule has 0 spiro atoms. The van der Waals surface area contributed by atoms with Gasteiger partial charge in [-0.25, -0.2) is 0 Å². The highest BCUT2D eigenvalue weighted by molar-refractivity contribution is 8.00. The van der Waals surface area contributed by atoms with Crippen molar-refractivity contribution in [2.45, 2.75) is 18.8 Å². The van der Waals surface area contributed by atoms with E-state index >= 15 is 0 Å². The van der Waals surface area contributed by atoms with Gasteiger partial charge in [0.15, 0.2) is 0 Å². The van der Waals surface area contributed by atoms with Gasteiger partial charge in [0.1, 0.15) is 16.9 Å². The lowest BCUT2D eigenvalue weighted by molar-refractivity contribution is -0.128. The summed E-state index contributed by atoms with van der Waals surface area (Å²) in [5, 5.41) is 0.0167. The standard InChI is InChI=1S/C16H17NO3S/c1-2-19-13-6-3-5-12(9-13)16-17(15(18)11-21-16)10-14-7-4-8-20-14/h3-9,16H,2,10-11H2,1H3. The molecule has 3 rings (SSSR count). The normalized spacial score (nSPS) is 18.2. The molecule has 2 aromatic rings. The lowest BCUT2D eigenvalue weighted by Gasteiger charge is -2.23. The number of carbonyl (C=O) groups is 1. The van der Waals surface area contributed by atoms with Crippen LogP contribution in [0.25, 0.3) is 0 Å². The van der Waals surface area contributed by atoms with Gasteiger partial charge in [-0.3, -0.25) is 4.79 Å². The molecule has 1 amide bonds. The van der Waals surface area contributed by atoms with E-state index in [0.29, 0.717) is 18.9 Å². The zero-order valence-electron chi connectivity index (χ0n) is 11.8. The molecule has 1 saturated heterocycles. The highest BCUT2D eigenvalue weighted by Crippen LogP contribution is 2.40. The van der Waals surface area contributed by atoms with E-state index in [4.69, 9.17) is 9.15 Å². The van der Waals surface area contributed by atoms with E-state index in [1.165, 1.54) is 0 Å². The molecule has 1 aliphatic heterocycles. The van der Waals surface area contributed by atoms with E-state index in [1.807, 2.05) is 48.2 Å². The molecule has 21 heavy (non-hydrogen) atoms. The van der Waals surface area contributed by atoms with Gasteiger partial charge in [0.25, 0.3) is 0 Å². The second-order valence-electron chi connectivity index (χ2n) is 4.77. The van der Waals surface area contributed by atoms with Crippen LogP contribution in [0.15, 0.2) is 47.1 Å². The van der Waals surface area contributed by atoms with Crippen molar-refractivity contribution in [1.82, 2.24) is 4.90 Å². The van der Waals surface area contributed by atoms with Crippen LogP contribution >= 0.6 is 11.8 Å². The summed E-state index contributed by atoms with van der Waals surface area (Å²) in [6.45, 7) is 3.10. The summed E-state index contributed by atoms with van der Waals surface area (Å²) in [6.07, 6.45) is 1.63. The molecule has 0 bridgehead atoms. The maximum absolute atomic E-state index is 12.1. The molecule has 1 aliphatic rings. The van der Waals surface area contributed by atoms with Crippen LogP contribution in [-0.4, -0.2) is 23.2 Å². The number of hydrogen-bond donors (Lipinski definition) is 0. The predicted molar refractivity (Wildman–Crippen MR) is 82.1 cm³/mol. The minimum atomic E-state index is 0.0167. The van der Waals surface area contributed by atoms with Crippen molar-refractivity contribution in [1.29, 1.82) is 0 Å². The zero-order chi connectivity index (χ0) is 14.7. The van der Waals surface area contributed by atoms with E-state index in [9.17, 15) is 4.79 Å². The van der Waals surface area contributed by atoms with Crippen LogP contribution in [0.3, 0.4) is 0 Å². The average Bonchev–Trinajstić information content (AvgIpc) is 3.11. The van der Waals surface area contributed by atoms with Crippen LogP contribution < -0.4 is 4.74 Å². The Balaban J connectivity index is 1.82. The molecule has 2 heterocycles. The summed E-state index contributed by atoms with van der Waals surface area (Å²) in [4.78, 5) is 14.0. The summed E-state index contributed by atoms with van der Waals surface area (Å²) in [5.41, 5.74) is 1.09. The molecule has 0 radical (unpaired) electrons. The van der Waals surface area contributed by atoms with Crippen molar-refractivity contribution in [3.05, 3.63) is 54.0 Å². The Kier molecular flexibility index (Phi) is 4.20. The molecule has 0 N–H and O–H groups in total. The van der Waals surface area contributed by atoms with Crippen molar-refractivity contribution in [2.24, 2.45) is 0 Å². The molecule has 1 atom stereocenters. The van der Waals surface area contributed by atoms with Crippen molar-refractivity contribution >= 4 is 17.7 Å². The number of hydrogen-bond acceptors (Lipinski definition) is 4. The topological polar surface area (TPSA) is 42.7 Å². The third-order valence-electron chi connectivity index (χ3n) is 3.33. The molecule has 1 aromatic heterocycles. The van der Waals surface area contributed by atoms with Crippen LogP contribution in [0.1, 0.15) is 23.6 Å². The van der Waals surface area contributed by atoms with Crippen LogP contribution in [0, 0.1) is 0 Å². The fourth-order valence-corrected chi connectivity index (χ4v) is 3.57. The van der Waals surface area contributed by atoms with Crippen LogP contribution in [0.2, 0.25) is 0 Å². The summed E-state index contributed by atoms with van der Waals surface area (Å²) in [5.74, 6) is 2.29. The molecule has 0 saturated carbocycles. The average molecular weight is 303 g/mol. The first-order chi connectivity index (χ1) is 10.3. The largest absolute Gasteiger partial charge is 0.494 e. The van der Waals surface area contributed by atoms with Gasteiger partial charge in [-0.2, -0.15) is 0 Å². The maximum Gasteiger partial charge on any atom is 0.234 e. The van der Waals surface area contributed by atoms with Crippen molar-refractivity contribution in [2.75, 3.05) is 12.4 Å². The Morgan fingerprint density at radius 2 is 2.29 bits per heavy atom. The van der Waals surface area contributed by atoms with Gasteiger partial charge < -0.3 is 14.1 Å². The molecule has 1 aromatic carbocycles. The first-order valence-corrected chi connectivity index (χ1v) is 7.99. The number of carbonyl (C=O) groups excluding carboxylic acids is 1. The third kappa shape index (κ3) is 3.08. The van der Waals surface area contributed by atoms with Crippen LogP contribution in [0.4, 0.5) is 0 Å². The second-order valence-corrected chi connectivity index (χ2v) is 5.84. The summed E-state index contributed by atoms with van der Waals surface area (Å²) in [6, 6.07) is 11.7. The van der Waals surface area contributed by atoms with Crippen molar-refractivity contribution < 1.29 is 13.9 Å². The van der Waals surface area contributed by atoms with Gasteiger partial charge >= 0.3 is 0 Å². The van der Waals surface area contributed by atoms with Gasteiger partial charge in [-0.05, 0) is 36.8 Å². The van der Waals surface area contributed by atoms with Gasteiger partial charge in [0.2, 0.25) is 5.91 Å². The Labute approximate surface area is 128 Å². The van der Waals surface area contributed by atoms with E-state index in [1.54, 1.807) is 18.0 Å². The van der Waals surface area contributed by atoms with Crippen LogP contribution in [-0.2, 0) is 11.3 Å². The fourth-order valence-electron chi connectivity index (χ4n) is 2.40. The summed E-state index contributed by atoms with van der Waals surface area (Å²) in [7, 11) is 0. The number of benzene rings is 1. The molecule has 5 heteroatoms. The maximum atomic E-state index is 12.1. The van der Waals surface area contributed by atoms with Crippen molar-refractivity contribution in [3.8, 4) is 5.75 Å². The second kappa shape index (κ2) is 6.26. The highest BCUT2D eigenvalue weighted by Gasteiger charge is 2.33. The van der Waals surface area contributed by atoms with E-state index in [0.717, 1.165) is 17.1 Å². The minimum absolute atomic E-state index is 0.0167. The molecule has 110 valence electrons. The summed E-state index contributed by atoms with van der Waals surface area (Å²) >= 11 is 1.64. The number of ether oxygens (including phenoxy) is 1. The lowest BCUT2D eigenvalue weighted by atomic mass is 10.2. The number of amides is 1. The number of nitrogens with zero attached hydrogens (tertiary/aromatic N) is 1. The van der Waals surface area contributed by atoms with Crippen molar-refractivity contribution in [3.63, 3.8) is 0 Å². The molecular weight excluding hydrogens is 286 g/mol. The Bertz CT molecular complexity index is 612. The number of furan rings is 1. The highest BCUT2D eigenvalue weighted by atomic mass is 32.2. The van der Waals surface area contributed by atoms with Gasteiger partial charge in [-0.1, -0.05) is 12.1 Å². The van der Waals surface area contributed by atoms with Gasteiger partial charge in [0, 0.05) is 0 Å². The van der Waals surface area contributed by atoms with Gasteiger partial charge in [-0.15, -0.1) is 11.8 Å². The molecule has 4 nitrogen and oxygen atoms in total. The van der Waals surface area contributed by atoms with Crippen LogP contribution in [0.5, 0.6) is 5.75 Å². The molecule has 1 unspecified atom stereocenters. The Hall–Kier alpha value is -1.88. The lowest BCUT2D eigenvalue weighted by Crippen LogP contribution is -2.27. The Morgan fingerprint density at radius 1 is 1.38 bits per heavy atom. The quantitative estimate of drug-likeness (QED) is 0.848. The monoisotopic (exact) mass is 303 g/mol. The first-order valence-electron chi connectivity index (χ1n) is 6.94. The number of thioether (sulfide) groups is 1. The molecular formula is C16H17NO3S. The molecule has 1 fully saturated rings. The molecule has 0 aliphatic carbocycles. The third-order valence-corrected chi connectivity index (χ3v) is 4.58. The zero-order valence-corrected chi connectivity index (χ0v) is 12.6. The minimum Gasteiger partial charge on any atom is -0.494 e. The SMILES string of the molecule is CCOc1cccc(C2SCC(=O)N2Cc2ccco2)c1. The summed E-state index contributed by atoms with van der Waals surface area (Å²) < 4.78 is 10.9. The van der Waals surface area contributed by atoms with E-state index < -0.39 is 0 Å². The van der Waals surface area contributed by atoms with E-state index in [2.05, 4.69) is 0 Å². The van der Waals surface area contributed by atoms with Gasteiger partial charge in [0.05, 0.1) is 25.2 Å². The predicted octanol–water partition coefficient (Wildman–Crippen LogP) is 3.45. The first kappa shape index (κ1) is 14.1. The Morgan fingerprint density at radius 3 is 3.05 bits per heavy atom. The fraction of sp³-hybridized carbons (Fsp3) is 0.312. The van der Waals surface area contributed by atoms with E-state index in [-0.39, 0.29) is 11.3 Å². The smallest absolute Gasteiger partial charge is 0.234 e. The number of rotatable bonds is 5.